The van der Waals surface area contributed by atoms with E-state index in [4.69, 9.17) is 0 Å². The van der Waals surface area contributed by atoms with Crippen LogP contribution in [-0.4, -0.2) is 0 Å². The van der Waals surface area contributed by atoms with Gasteiger partial charge in [0, 0.05) is 5.33 Å². The molecule has 15 heavy (non-hydrogen) atoms. The smallest absolute Gasteiger partial charge is 0.0285 e. The van der Waals surface area contributed by atoms with Crippen LogP contribution in [0, 0.1) is 6.92 Å². The molecule has 0 aromatic heterocycles. The largest absolute Gasteiger partial charge is 0.0876 e. The first-order valence-electron chi connectivity index (χ1n) is 5.10. The lowest BCUT2D eigenvalue weighted by Crippen LogP contribution is -2.00. The second kappa shape index (κ2) is 3.21. The summed E-state index contributed by atoms with van der Waals surface area (Å²) in [7, 11) is 0. The van der Waals surface area contributed by atoms with Gasteiger partial charge >= 0.3 is 0 Å². The van der Waals surface area contributed by atoms with Crippen LogP contribution in [0.5, 0.6) is 0 Å². The molecule has 0 unspecified atom stereocenters. The molecule has 0 saturated carbocycles. The van der Waals surface area contributed by atoms with Gasteiger partial charge in [0.15, 0.2) is 0 Å². The molecular weight excluding hydrogens is 248 g/mol. The van der Waals surface area contributed by atoms with Crippen LogP contribution in [0.15, 0.2) is 36.4 Å². The molecule has 0 bridgehead atoms. The molecule has 0 spiro atoms. The maximum Gasteiger partial charge on any atom is 0.0285 e. The molecular formula is C14H11Br. The van der Waals surface area contributed by atoms with E-state index < -0.39 is 0 Å². The summed E-state index contributed by atoms with van der Waals surface area (Å²) in [6, 6.07) is 13.2. The molecule has 0 radical (unpaired) electrons. The number of halogens is 1. The Morgan fingerprint density at radius 3 is 2.13 bits per heavy atom. The maximum atomic E-state index is 3.53. The Bertz CT molecular complexity index is 541. The van der Waals surface area contributed by atoms with E-state index in [1.54, 1.807) is 0 Å². The molecule has 0 aliphatic heterocycles. The SMILES string of the molecule is Cc1cc2c(cc1CBr)-c1ccccc1-2. The van der Waals surface area contributed by atoms with Gasteiger partial charge in [-0.3, -0.25) is 0 Å². The summed E-state index contributed by atoms with van der Waals surface area (Å²) in [5.74, 6) is 0. The average Bonchev–Trinajstić information content (AvgIpc) is 2.27. The zero-order chi connectivity index (χ0) is 10.4. The number of hydrogen-bond donors (Lipinski definition) is 0. The van der Waals surface area contributed by atoms with Crippen molar-refractivity contribution in [2.24, 2.45) is 0 Å². The molecule has 0 nitrogen and oxygen atoms in total. The molecule has 0 amide bonds. The predicted octanol–water partition coefficient (Wildman–Crippen LogP) is 4.54. The summed E-state index contributed by atoms with van der Waals surface area (Å²) in [5.41, 5.74) is 8.38. The number of fused-ring (bicyclic) bond motifs is 4. The molecule has 74 valence electrons. The van der Waals surface area contributed by atoms with Crippen molar-refractivity contribution in [3.05, 3.63) is 47.5 Å². The first-order chi connectivity index (χ1) is 7.31. The molecule has 2 aromatic carbocycles. The van der Waals surface area contributed by atoms with Gasteiger partial charge in [-0.05, 0) is 46.4 Å². The second-order valence-electron chi connectivity index (χ2n) is 4.00. The zero-order valence-corrected chi connectivity index (χ0v) is 10.1. The lowest BCUT2D eigenvalue weighted by Gasteiger charge is -2.25. The fraction of sp³-hybridized carbons (Fsp3) is 0.143. The molecule has 1 aliphatic rings. The highest BCUT2D eigenvalue weighted by Crippen LogP contribution is 2.47. The van der Waals surface area contributed by atoms with E-state index in [9.17, 15) is 0 Å². The number of rotatable bonds is 1. The lowest BCUT2D eigenvalue weighted by atomic mass is 9.79. The van der Waals surface area contributed by atoms with Crippen molar-refractivity contribution in [3.63, 3.8) is 0 Å². The second-order valence-corrected chi connectivity index (χ2v) is 4.56. The van der Waals surface area contributed by atoms with E-state index in [1.807, 2.05) is 0 Å². The minimum Gasteiger partial charge on any atom is -0.0876 e. The highest BCUT2D eigenvalue weighted by Gasteiger charge is 2.22. The summed E-state index contributed by atoms with van der Waals surface area (Å²) in [6.45, 7) is 2.18. The monoisotopic (exact) mass is 258 g/mol. The van der Waals surface area contributed by atoms with Crippen molar-refractivity contribution in [3.8, 4) is 22.3 Å². The van der Waals surface area contributed by atoms with E-state index in [1.165, 1.54) is 33.4 Å². The summed E-state index contributed by atoms with van der Waals surface area (Å²) >= 11 is 3.53. The van der Waals surface area contributed by atoms with Crippen molar-refractivity contribution in [2.75, 3.05) is 0 Å². The fourth-order valence-electron chi connectivity index (χ4n) is 2.23. The maximum absolute atomic E-state index is 3.53. The van der Waals surface area contributed by atoms with Gasteiger partial charge in [-0.25, -0.2) is 0 Å². The van der Waals surface area contributed by atoms with Crippen LogP contribution < -0.4 is 0 Å². The Balaban J connectivity index is 2.22. The average molecular weight is 259 g/mol. The Kier molecular flexibility index (Phi) is 1.96. The van der Waals surface area contributed by atoms with E-state index in [2.05, 4.69) is 59.3 Å². The van der Waals surface area contributed by atoms with Crippen LogP contribution in [-0.2, 0) is 5.33 Å². The highest BCUT2D eigenvalue weighted by molar-refractivity contribution is 9.08. The van der Waals surface area contributed by atoms with Crippen LogP contribution in [0.4, 0.5) is 0 Å². The van der Waals surface area contributed by atoms with E-state index in [0.29, 0.717) is 0 Å². The summed E-state index contributed by atoms with van der Waals surface area (Å²) in [6.07, 6.45) is 0. The van der Waals surface area contributed by atoms with Gasteiger partial charge in [0.05, 0.1) is 0 Å². The van der Waals surface area contributed by atoms with Crippen LogP contribution in [0.1, 0.15) is 11.1 Å². The Hall–Kier alpha value is -1.08. The van der Waals surface area contributed by atoms with Gasteiger partial charge in [-0.1, -0.05) is 46.3 Å². The van der Waals surface area contributed by atoms with Gasteiger partial charge in [-0.2, -0.15) is 0 Å². The van der Waals surface area contributed by atoms with Gasteiger partial charge in [0.1, 0.15) is 0 Å². The third kappa shape index (κ3) is 1.19. The summed E-state index contributed by atoms with van der Waals surface area (Å²) < 4.78 is 0. The standard InChI is InChI=1S/C14H11Br/c1-9-6-13-11-4-2-3-5-12(11)14(13)7-10(9)8-15/h2-7H,8H2,1H3. The zero-order valence-electron chi connectivity index (χ0n) is 8.55. The summed E-state index contributed by atoms with van der Waals surface area (Å²) in [5, 5.41) is 0.939. The van der Waals surface area contributed by atoms with Crippen LogP contribution in [0.2, 0.25) is 0 Å². The molecule has 0 fully saturated rings. The van der Waals surface area contributed by atoms with E-state index >= 15 is 0 Å². The van der Waals surface area contributed by atoms with E-state index in [-0.39, 0.29) is 0 Å². The van der Waals surface area contributed by atoms with Crippen molar-refractivity contribution in [2.45, 2.75) is 12.3 Å². The molecule has 3 rings (SSSR count). The predicted molar refractivity (Wildman–Crippen MR) is 68.2 cm³/mol. The van der Waals surface area contributed by atoms with Crippen molar-refractivity contribution < 1.29 is 0 Å². The highest BCUT2D eigenvalue weighted by atomic mass is 79.9. The van der Waals surface area contributed by atoms with Crippen LogP contribution in [0.25, 0.3) is 22.3 Å². The third-order valence-corrected chi connectivity index (χ3v) is 3.73. The molecule has 0 heterocycles. The van der Waals surface area contributed by atoms with Gasteiger partial charge in [0.25, 0.3) is 0 Å². The molecule has 1 heteroatoms. The quantitative estimate of drug-likeness (QED) is 0.563. The molecule has 1 aliphatic carbocycles. The van der Waals surface area contributed by atoms with Gasteiger partial charge in [-0.15, -0.1) is 0 Å². The number of alkyl halides is 1. The number of benzene rings is 2. The first kappa shape index (κ1) is 9.17. The van der Waals surface area contributed by atoms with Gasteiger partial charge < -0.3 is 0 Å². The topological polar surface area (TPSA) is 0 Å². The Morgan fingerprint density at radius 1 is 0.933 bits per heavy atom. The number of aryl methyl sites for hydroxylation is 1. The first-order valence-corrected chi connectivity index (χ1v) is 6.22. The molecule has 0 atom stereocenters. The van der Waals surface area contributed by atoms with Gasteiger partial charge in [0.2, 0.25) is 0 Å². The Labute approximate surface area is 98.1 Å². The molecule has 0 N–H and O–H groups in total. The Morgan fingerprint density at radius 2 is 1.53 bits per heavy atom. The lowest BCUT2D eigenvalue weighted by molar-refractivity contribution is 1.31. The number of hydrogen-bond acceptors (Lipinski definition) is 0. The molecule has 0 saturated heterocycles. The van der Waals surface area contributed by atoms with Crippen molar-refractivity contribution in [1.82, 2.24) is 0 Å². The minimum absolute atomic E-state index is 0.939. The molecule has 2 aromatic rings. The third-order valence-electron chi connectivity index (χ3n) is 3.13. The van der Waals surface area contributed by atoms with Crippen LogP contribution >= 0.6 is 15.9 Å². The minimum atomic E-state index is 0.939. The van der Waals surface area contributed by atoms with Crippen molar-refractivity contribution in [1.29, 1.82) is 0 Å². The van der Waals surface area contributed by atoms with Crippen LogP contribution in [0.3, 0.4) is 0 Å². The van der Waals surface area contributed by atoms with Crippen molar-refractivity contribution >= 4 is 15.9 Å². The van der Waals surface area contributed by atoms with E-state index in [0.717, 1.165) is 5.33 Å². The summed E-state index contributed by atoms with van der Waals surface area (Å²) in [4.78, 5) is 0. The fourth-order valence-corrected chi connectivity index (χ4v) is 2.84. The normalized spacial score (nSPS) is 11.6.